The highest BCUT2D eigenvalue weighted by molar-refractivity contribution is 7.80. The molecule has 5 heteroatoms. The van der Waals surface area contributed by atoms with Gasteiger partial charge in [-0.25, -0.2) is 0 Å². The van der Waals surface area contributed by atoms with Gasteiger partial charge in [-0.1, -0.05) is 6.42 Å². The van der Waals surface area contributed by atoms with Crippen LogP contribution >= 0.6 is 12.2 Å². The Kier molecular flexibility index (Phi) is 4.93. The molecule has 4 nitrogen and oxygen atoms in total. The average molecular weight is 317 g/mol. The number of hydrogen-bond donors (Lipinski definition) is 2. The number of benzene rings is 1. The van der Waals surface area contributed by atoms with Crippen LogP contribution in [0.5, 0.6) is 5.75 Å². The first-order valence-electron chi connectivity index (χ1n) is 8.07. The number of hydrogen-bond acceptors (Lipinski definition) is 3. The van der Waals surface area contributed by atoms with Crippen LogP contribution in [0.4, 0.5) is 0 Å². The van der Waals surface area contributed by atoms with Gasteiger partial charge < -0.3 is 10.1 Å². The molecule has 1 aromatic rings. The second-order valence-corrected chi connectivity index (χ2v) is 6.54. The molecule has 0 aliphatic heterocycles. The fourth-order valence-electron chi connectivity index (χ4n) is 3.60. The molecule has 0 radical (unpaired) electrons. The summed E-state index contributed by atoms with van der Waals surface area (Å²) in [4.78, 5) is 0. The Labute approximate surface area is 137 Å². The monoisotopic (exact) mass is 317 g/mol. The van der Waals surface area contributed by atoms with Crippen LogP contribution in [0.25, 0.3) is 0 Å². The van der Waals surface area contributed by atoms with E-state index in [2.05, 4.69) is 15.8 Å². The maximum absolute atomic E-state index is 5.41. The van der Waals surface area contributed by atoms with Crippen molar-refractivity contribution in [2.24, 2.45) is 16.9 Å². The van der Waals surface area contributed by atoms with Crippen molar-refractivity contribution in [2.75, 3.05) is 6.61 Å². The van der Waals surface area contributed by atoms with E-state index in [0.29, 0.717) is 17.8 Å². The van der Waals surface area contributed by atoms with E-state index in [1.165, 1.54) is 25.7 Å². The maximum Gasteiger partial charge on any atom is 0.187 e. The molecule has 2 aliphatic carbocycles. The maximum atomic E-state index is 5.41. The van der Waals surface area contributed by atoms with Crippen LogP contribution in [0.2, 0.25) is 0 Å². The van der Waals surface area contributed by atoms with Crippen LogP contribution in [-0.2, 0) is 0 Å². The van der Waals surface area contributed by atoms with Gasteiger partial charge in [-0.2, -0.15) is 5.10 Å². The van der Waals surface area contributed by atoms with Gasteiger partial charge in [-0.05, 0) is 80.1 Å². The van der Waals surface area contributed by atoms with Gasteiger partial charge in [0.15, 0.2) is 5.11 Å². The Hall–Kier alpha value is -1.62. The molecular weight excluding hydrogens is 294 g/mol. The predicted molar refractivity (Wildman–Crippen MR) is 93.3 cm³/mol. The highest BCUT2D eigenvalue weighted by Crippen LogP contribution is 2.44. The lowest BCUT2D eigenvalue weighted by atomic mass is 9.96. The van der Waals surface area contributed by atoms with Gasteiger partial charge >= 0.3 is 0 Å². The van der Waals surface area contributed by atoms with Gasteiger partial charge in [0.1, 0.15) is 5.75 Å². The summed E-state index contributed by atoms with van der Waals surface area (Å²) in [6.07, 6.45) is 7.15. The molecule has 2 saturated carbocycles. The molecule has 1 aromatic carbocycles. The van der Waals surface area contributed by atoms with Crippen molar-refractivity contribution < 1.29 is 4.74 Å². The summed E-state index contributed by atoms with van der Waals surface area (Å²) >= 11 is 5.32. The molecule has 22 heavy (non-hydrogen) atoms. The molecule has 0 heterocycles. The number of ether oxygens (including phenoxy) is 1. The first-order chi connectivity index (χ1) is 10.7. The molecule has 2 fully saturated rings. The third kappa shape index (κ3) is 3.77. The number of rotatable bonds is 5. The van der Waals surface area contributed by atoms with Gasteiger partial charge in [0.05, 0.1) is 12.8 Å². The van der Waals surface area contributed by atoms with E-state index in [1.807, 2.05) is 31.2 Å². The summed E-state index contributed by atoms with van der Waals surface area (Å²) in [5.41, 5.74) is 3.93. The predicted octanol–water partition coefficient (Wildman–Crippen LogP) is 3.07. The topological polar surface area (TPSA) is 45.6 Å². The number of thiocarbonyl (C=S) groups is 1. The second kappa shape index (κ2) is 7.09. The molecule has 118 valence electrons. The summed E-state index contributed by atoms with van der Waals surface area (Å²) in [6.45, 7) is 2.65. The Balaban J connectivity index is 1.44. The van der Waals surface area contributed by atoms with Gasteiger partial charge in [-0.3, -0.25) is 5.43 Å². The van der Waals surface area contributed by atoms with Crippen LogP contribution in [-0.4, -0.2) is 24.0 Å². The highest BCUT2D eigenvalue weighted by atomic mass is 32.1. The molecule has 2 aliphatic rings. The summed E-state index contributed by atoms with van der Waals surface area (Å²) in [5, 5.41) is 8.24. The van der Waals surface area contributed by atoms with Crippen molar-refractivity contribution in [2.45, 2.75) is 38.6 Å². The minimum absolute atomic E-state index is 0.541. The summed E-state index contributed by atoms with van der Waals surface area (Å²) in [6, 6.07) is 8.37. The Morgan fingerprint density at radius 2 is 2.14 bits per heavy atom. The van der Waals surface area contributed by atoms with Crippen molar-refractivity contribution >= 4 is 23.5 Å². The zero-order chi connectivity index (χ0) is 15.4. The molecule has 0 amide bonds. The molecule has 3 atom stereocenters. The molecular formula is C17H23N3OS. The molecule has 3 rings (SSSR count). The number of nitrogens with zero attached hydrogens (tertiary/aromatic N) is 1. The van der Waals surface area contributed by atoms with E-state index >= 15 is 0 Å². The molecule has 0 spiro atoms. The highest BCUT2D eigenvalue weighted by Gasteiger charge is 2.39. The van der Waals surface area contributed by atoms with E-state index in [4.69, 9.17) is 17.0 Å². The molecule has 0 aromatic heterocycles. The van der Waals surface area contributed by atoms with Gasteiger partial charge in [-0.15, -0.1) is 0 Å². The van der Waals surface area contributed by atoms with Crippen molar-refractivity contribution in [3.63, 3.8) is 0 Å². The summed E-state index contributed by atoms with van der Waals surface area (Å²) < 4.78 is 5.41. The van der Waals surface area contributed by atoms with Crippen LogP contribution < -0.4 is 15.5 Å². The molecule has 0 unspecified atom stereocenters. The smallest absolute Gasteiger partial charge is 0.187 e. The molecule has 0 saturated heterocycles. The van der Waals surface area contributed by atoms with Crippen molar-refractivity contribution in [3.8, 4) is 5.75 Å². The largest absolute Gasteiger partial charge is 0.494 e. The minimum atomic E-state index is 0.541. The van der Waals surface area contributed by atoms with Crippen molar-refractivity contribution in [3.05, 3.63) is 29.8 Å². The van der Waals surface area contributed by atoms with Crippen LogP contribution in [0.3, 0.4) is 0 Å². The molecule has 2 N–H and O–H groups in total. The SMILES string of the molecule is CCOc1ccc(/C=N\NC(=S)N[C@H]2C[C@H]3CC[C@H]2C3)cc1. The standard InChI is InChI=1S/C17H23N3OS/c1-2-21-15-7-4-12(5-8-15)11-18-20-17(22)19-16-10-13-3-6-14(16)9-13/h4-5,7-8,11,13-14,16H,2-3,6,9-10H2,1H3,(H2,19,20,22)/b18-11-/t13-,14-,16-/m0/s1. The third-order valence-corrected chi connectivity index (χ3v) is 4.83. The van der Waals surface area contributed by atoms with Crippen molar-refractivity contribution in [1.29, 1.82) is 0 Å². The molecule has 2 bridgehead atoms. The first-order valence-corrected chi connectivity index (χ1v) is 8.48. The van der Waals surface area contributed by atoms with Gasteiger partial charge in [0.2, 0.25) is 0 Å². The zero-order valence-corrected chi connectivity index (χ0v) is 13.7. The van der Waals surface area contributed by atoms with E-state index in [9.17, 15) is 0 Å². The lowest BCUT2D eigenvalue weighted by Crippen LogP contribution is -2.42. The fourth-order valence-corrected chi connectivity index (χ4v) is 3.81. The zero-order valence-electron chi connectivity index (χ0n) is 12.9. The van der Waals surface area contributed by atoms with Crippen LogP contribution in [0, 0.1) is 11.8 Å². The second-order valence-electron chi connectivity index (χ2n) is 6.13. The average Bonchev–Trinajstić information content (AvgIpc) is 3.12. The third-order valence-electron chi connectivity index (χ3n) is 4.63. The number of fused-ring (bicyclic) bond motifs is 2. The van der Waals surface area contributed by atoms with Gasteiger partial charge in [0.25, 0.3) is 0 Å². The van der Waals surface area contributed by atoms with Gasteiger partial charge in [0, 0.05) is 6.04 Å². The van der Waals surface area contributed by atoms with E-state index in [-0.39, 0.29) is 0 Å². The van der Waals surface area contributed by atoms with Crippen molar-refractivity contribution in [1.82, 2.24) is 10.7 Å². The van der Waals surface area contributed by atoms with E-state index in [0.717, 1.165) is 23.1 Å². The van der Waals surface area contributed by atoms with Crippen LogP contribution in [0.15, 0.2) is 29.4 Å². The van der Waals surface area contributed by atoms with E-state index < -0.39 is 0 Å². The Bertz CT molecular complexity index is 543. The lowest BCUT2D eigenvalue weighted by Gasteiger charge is -2.23. The summed E-state index contributed by atoms with van der Waals surface area (Å²) in [5.74, 6) is 2.60. The lowest BCUT2D eigenvalue weighted by molar-refractivity contribution is 0.340. The first kappa shape index (κ1) is 15.3. The fraction of sp³-hybridized carbons (Fsp3) is 0.529. The Morgan fingerprint density at radius 3 is 2.77 bits per heavy atom. The Morgan fingerprint density at radius 1 is 1.32 bits per heavy atom. The normalized spacial score (nSPS) is 26.3. The summed E-state index contributed by atoms with van der Waals surface area (Å²) in [7, 11) is 0. The quantitative estimate of drug-likeness (QED) is 0.498. The number of hydrazone groups is 1. The number of nitrogens with one attached hydrogen (secondary N) is 2. The van der Waals surface area contributed by atoms with Crippen LogP contribution in [0.1, 0.15) is 38.2 Å². The van der Waals surface area contributed by atoms with E-state index in [1.54, 1.807) is 6.21 Å². The minimum Gasteiger partial charge on any atom is -0.494 e.